The molecule has 7 atom stereocenters. The number of nitrogens with one attached hydrogen (secondary N) is 6. The Bertz CT molecular complexity index is 2590. The van der Waals surface area contributed by atoms with Crippen LogP contribution in [-0.4, -0.2) is 165 Å². The van der Waals surface area contributed by atoms with E-state index in [0.717, 1.165) is 19.3 Å². The maximum Gasteiger partial charge on any atom is 0.246 e. The third-order valence-corrected chi connectivity index (χ3v) is 17.3. The van der Waals surface area contributed by atoms with Crippen molar-refractivity contribution in [1.82, 2.24) is 41.7 Å². The summed E-state index contributed by atoms with van der Waals surface area (Å²) in [6, 6.07) is 4.82. The van der Waals surface area contributed by atoms with Gasteiger partial charge in [0.15, 0.2) is 5.96 Å². The number of carbonyl (C=O) groups excluding carboxylic acids is 11. The number of hydrogen-bond acceptors (Lipinski definition) is 15. The quantitative estimate of drug-likeness (QED) is 0.0305. The minimum atomic E-state index is -1.78. The van der Waals surface area contributed by atoms with Gasteiger partial charge in [0.05, 0.1) is 13.0 Å². The van der Waals surface area contributed by atoms with Gasteiger partial charge in [0.1, 0.15) is 48.0 Å². The van der Waals surface area contributed by atoms with Gasteiger partial charge in [-0.1, -0.05) is 83.3 Å². The van der Waals surface area contributed by atoms with Crippen molar-refractivity contribution in [2.24, 2.45) is 33.7 Å². The number of rotatable bonds is 19. The van der Waals surface area contributed by atoms with Gasteiger partial charge in [-0.25, -0.2) is 0 Å². The normalized spacial score (nSPS) is 22.8. The zero-order valence-corrected chi connectivity index (χ0v) is 46.3. The van der Waals surface area contributed by atoms with Crippen molar-refractivity contribution in [3.8, 4) is 5.75 Å². The largest absolute Gasteiger partial charge is 0.508 e. The first-order chi connectivity index (χ1) is 38.0. The third kappa shape index (κ3) is 19.6. The first kappa shape index (κ1) is 63.2. The predicted octanol–water partition coefficient (Wildman–Crippen LogP) is -2.30. The van der Waals surface area contributed by atoms with E-state index in [0.29, 0.717) is 30.4 Å². The van der Waals surface area contributed by atoms with Gasteiger partial charge in [-0.15, -0.1) is 0 Å². The number of guanidine groups is 1. The molecule has 3 aliphatic rings. The number of likely N-dealkylation sites (tertiary alicyclic amines) is 1. The Labute approximate surface area is 471 Å². The van der Waals surface area contributed by atoms with Crippen LogP contribution in [0, 0.1) is 0 Å². The summed E-state index contributed by atoms with van der Waals surface area (Å²) in [7, 11) is 4.00. The Hall–Kier alpha value is -7.62. The molecule has 0 unspecified atom stereocenters. The summed E-state index contributed by atoms with van der Waals surface area (Å²) in [4.78, 5) is 158. The van der Waals surface area contributed by atoms with E-state index in [1.165, 1.54) is 50.6 Å². The van der Waals surface area contributed by atoms with E-state index in [4.69, 9.17) is 28.7 Å². The van der Waals surface area contributed by atoms with E-state index in [2.05, 4.69) is 36.9 Å². The van der Waals surface area contributed by atoms with Crippen LogP contribution in [0.4, 0.5) is 0 Å². The first-order valence-corrected chi connectivity index (χ1v) is 28.7. The van der Waals surface area contributed by atoms with Crippen LogP contribution in [0.2, 0.25) is 0 Å². The molecular weight excluding hydrogens is 1080 g/mol. The molecule has 1 aliphatic carbocycles. The lowest BCUT2D eigenvalue weighted by molar-refractivity contribution is -0.142. The summed E-state index contributed by atoms with van der Waals surface area (Å²) in [5.41, 5.74) is 28.5. The van der Waals surface area contributed by atoms with Crippen LogP contribution < -0.4 is 60.6 Å². The highest BCUT2D eigenvalue weighted by atomic mass is 33.1. The molecule has 0 bridgehead atoms. The minimum Gasteiger partial charge on any atom is -0.508 e. The molecule has 17 N–H and O–H groups in total. The van der Waals surface area contributed by atoms with Gasteiger partial charge in [0.2, 0.25) is 65.0 Å². The fraction of sp³-hybridized carbons (Fsp3) is 0.538. The van der Waals surface area contributed by atoms with E-state index < -0.39 is 138 Å². The van der Waals surface area contributed by atoms with Gasteiger partial charge in [-0.2, -0.15) is 0 Å². The molecule has 2 aliphatic heterocycles. The molecule has 0 aromatic heterocycles. The van der Waals surface area contributed by atoms with Crippen molar-refractivity contribution >= 4 is 92.5 Å². The molecule has 1 saturated carbocycles. The average Bonchev–Trinajstić information content (AvgIpc) is 3.91. The second kappa shape index (κ2) is 30.7. The van der Waals surface area contributed by atoms with Gasteiger partial charge in [-0.05, 0) is 68.2 Å². The fourth-order valence-electron chi connectivity index (χ4n) is 9.67. The summed E-state index contributed by atoms with van der Waals surface area (Å²) in [6.07, 6.45) is 2.29. The molecule has 1 spiro atoms. The Kier molecular flexibility index (Phi) is 24.2. The van der Waals surface area contributed by atoms with Gasteiger partial charge in [0, 0.05) is 56.3 Å². The second-order valence-electron chi connectivity index (χ2n) is 20.2. The molecule has 2 heterocycles. The number of nitrogens with zero attached hydrogens (tertiary/aromatic N) is 3. The molecule has 436 valence electrons. The number of aromatic hydroxyl groups is 1. The van der Waals surface area contributed by atoms with Crippen molar-refractivity contribution in [2.45, 2.75) is 143 Å². The monoisotopic (exact) mass is 1150 g/mol. The maximum absolute atomic E-state index is 15.0. The predicted molar refractivity (Wildman–Crippen MR) is 298 cm³/mol. The number of phenolic OH excluding ortho intramolecular Hbond substituents is 1. The third-order valence-electron chi connectivity index (χ3n) is 14.0. The average molecular weight is 1150 g/mol. The standard InChI is InChI=1S/C52H74N14O12S2/c1-65-39(25-31-14-16-32(67)17-15-31)49(77)63-35(24-30-10-4-2-5-11-30)46(74)60-34(18-19-40(53)68)45(73)62-36(26-41(54)69)47(75)64-37(29-79-80-52(27-43(65)71)20-6-3-7-21-52)50(78)66-23-9-13-38(66)48(76)61-33(12-8-22-58-51(56)57)44(72)59-28-42(55)70/h2,4-5,10-11,14-17,33-39,67H,3,6-9,12-13,18-29H2,1H3,(H2,53,68)(H2,54,69)(H2,55,70)(H,59,72)(H,60,74)(H,61,76)(H,62,73)(H,63,77)(H,64,75)(H4,56,57,58)/t33-,34-,35-,36-,37-,38-,39-/m0/s1. The highest BCUT2D eigenvalue weighted by Crippen LogP contribution is 2.49. The number of amides is 11. The molecule has 2 aromatic rings. The Balaban J connectivity index is 1.55. The SMILES string of the molecule is CN1C(=O)CC2(CCCCC2)SSC[C@@H](C(=O)N2CCC[C@H]2C(=O)N[C@@H](CCCN=C(N)N)C(=O)NCC(N)=O)NC(=O)[C@H](CC(N)=O)NC(=O)[C@H](CCC(N)=O)NC(=O)[C@H](Cc2ccccc2)NC(=O)[C@@H]1Cc1ccc(O)cc1. The zero-order chi connectivity index (χ0) is 58.5. The lowest BCUT2D eigenvalue weighted by atomic mass is 9.85. The lowest BCUT2D eigenvalue weighted by Gasteiger charge is -2.38. The molecule has 3 fully saturated rings. The van der Waals surface area contributed by atoms with E-state index in [1.54, 1.807) is 42.5 Å². The van der Waals surface area contributed by atoms with Gasteiger partial charge in [0.25, 0.3) is 0 Å². The highest BCUT2D eigenvalue weighted by Gasteiger charge is 2.43. The molecule has 80 heavy (non-hydrogen) atoms. The van der Waals surface area contributed by atoms with Crippen molar-refractivity contribution in [3.63, 3.8) is 0 Å². The van der Waals surface area contributed by atoms with E-state index in [1.807, 2.05) is 0 Å². The first-order valence-electron chi connectivity index (χ1n) is 26.4. The maximum atomic E-state index is 15.0. The van der Waals surface area contributed by atoms with Crippen molar-refractivity contribution in [3.05, 3.63) is 65.7 Å². The van der Waals surface area contributed by atoms with Crippen LogP contribution in [0.5, 0.6) is 5.75 Å². The van der Waals surface area contributed by atoms with Crippen LogP contribution >= 0.6 is 21.6 Å². The molecule has 11 amide bonds. The minimum absolute atomic E-state index is 0.0148. The molecular formula is C52H74N14O12S2. The number of phenols is 1. The Morgan fingerprint density at radius 1 is 0.762 bits per heavy atom. The molecule has 2 aromatic carbocycles. The van der Waals surface area contributed by atoms with Crippen LogP contribution in [0.3, 0.4) is 0 Å². The smallest absolute Gasteiger partial charge is 0.246 e. The van der Waals surface area contributed by atoms with Crippen molar-refractivity contribution < 1.29 is 57.8 Å². The lowest BCUT2D eigenvalue weighted by Crippen LogP contribution is -2.61. The van der Waals surface area contributed by atoms with Crippen molar-refractivity contribution in [1.29, 1.82) is 0 Å². The summed E-state index contributed by atoms with van der Waals surface area (Å²) in [5, 5.41) is 25.7. The van der Waals surface area contributed by atoms with Crippen LogP contribution in [0.25, 0.3) is 0 Å². The molecule has 0 radical (unpaired) electrons. The van der Waals surface area contributed by atoms with Gasteiger partial charge >= 0.3 is 0 Å². The Morgan fingerprint density at radius 2 is 1.40 bits per heavy atom. The summed E-state index contributed by atoms with van der Waals surface area (Å²) in [6.45, 7) is -0.394. The second-order valence-corrected chi connectivity index (χ2v) is 23.0. The van der Waals surface area contributed by atoms with Gasteiger partial charge in [-0.3, -0.25) is 57.7 Å². The Morgan fingerprint density at radius 3 is 2.05 bits per heavy atom. The number of aliphatic imine (C=N–C) groups is 1. The van der Waals surface area contributed by atoms with Crippen molar-refractivity contribution in [2.75, 3.05) is 32.4 Å². The number of likely N-dealkylation sites (N-methyl/N-ethyl adjacent to an activating group) is 1. The molecule has 26 nitrogen and oxygen atoms in total. The highest BCUT2D eigenvalue weighted by molar-refractivity contribution is 8.77. The zero-order valence-electron chi connectivity index (χ0n) is 44.7. The number of benzene rings is 2. The fourth-order valence-corrected chi connectivity index (χ4v) is 13.0. The number of primary amides is 3. The van der Waals surface area contributed by atoms with E-state index in [9.17, 15) is 57.8 Å². The topological polar surface area (TPSA) is 429 Å². The summed E-state index contributed by atoms with van der Waals surface area (Å²) in [5.74, 6) is -9.51. The van der Waals surface area contributed by atoms with E-state index >= 15 is 0 Å². The van der Waals surface area contributed by atoms with E-state index in [-0.39, 0.29) is 69.1 Å². The van der Waals surface area contributed by atoms with Crippen LogP contribution in [0.1, 0.15) is 94.6 Å². The number of hydrogen-bond donors (Lipinski definition) is 12. The molecule has 2 saturated heterocycles. The summed E-state index contributed by atoms with van der Waals surface area (Å²) < 4.78 is -0.758. The number of nitrogens with two attached hydrogens (primary N) is 5. The van der Waals surface area contributed by atoms with Crippen LogP contribution in [-0.2, 0) is 65.6 Å². The number of carbonyl (C=O) groups is 11. The van der Waals surface area contributed by atoms with Crippen LogP contribution in [0.15, 0.2) is 59.6 Å². The van der Waals surface area contributed by atoms with Gasteiger partial charge < -0.3 is 75.5 Å². The molecule has 5 rings (SSSR count). The summed E-state index contributed by atoms with van der Waals surface area (Å²) >= 11 is 0. The molecule has 28 heteroatoms.